The first-order valence-electron chi connectivity index (χ1n) is 6.76. The first-order chi connectivity index (χ1) is 9.05. The van der Waals surface area contributed by atoms with E-state index in [-0.39, 0.29) is 18.7 Å². The Bertz CT molecular complexity index is 390. The van der Waals surface area contributed by atoms with Gasteiger partial charge in [-0.2, -0.15) is 5.10 Å². The van der Waals surface area contributed by atoms with Crippen molar-refractivity contribution < 1.29 is 9.90 Å². The minimum atomic E-state index is -0.309. The molecule has 19 heavy (non-hydrogen) atoms. The first kappa shape index (κ1) is 15.5. The van der Waals surface area contributed by atoms with Crippen molar-refractivity contribution in [3.05, 3.63) is 12.4 Å². The quantitative estimate of drug-likeness (QED) is 0.705. The fourth-order valence-electron chi connectivity index (χ4n) is 1.88. The first-order valence-corrected chi connectivity index (χ1v) is 6.76. The normalized spacial score (nSPS) is 12.5. The van der Waals surface area contributed by atoms with E-state index in [0.717, 1.165) is 19.4 Å². The number of aryl methyl sites for hydroxylation is 1. The highest BCUT2D eigenvalue weighted by molar-refractivity contribution is 5.89. The number of hydrogen-bond acceptors (Lipinski definition) is 3. The van der Waals surface area contributed by atoms with Gasteiger partial charge in [0.05, 0.1) is 24.5 Å². The third kappa shape index (κ3) is 5.74. The van der Waals surface area contributed by atoms with Crippen molar-refractivity contribution in [1.29, 1.82) is 0 Å². The highest BCUT2D eigenvalue weighted by Gasteiger charge is 2.13. The number of anilines is 1. The molecular formula is C13H24N4O2. The molecule has 0 radical (unpaired) electrons. The van der Waals surface area contributed by atoms with Crippen LogP contribution in [0.1, 0.15) is 33.6 Å². The van der Waals surface area contributed by atoms with Gasteiger partial charge in [-0.15, -0.1) is 0 Å². The zero-order valence-electron chi connectivity index (χ0n) is 11.9. The lowest BCUT2D eigenvalue weighted by molar-refractivity contribution is 0.214. The maximum absolute atomic E-state index is 11.8. The Kier molecular flexibility index (Phi) is 6.35. The number of hydrogen-bond donors (Lipinski definition) is 3. The molecule has 1 unspecified atom stereocenters. The minimum Gasteiger partial charge on any atom is -0.394 e. The number of carbonyl (C=O) groups is 1. The SMILES string of the molecule is CCCn1cc(NC(=O)NC(CO)CC(C)C)cn1. The lowest BCUT2D eigenvalue weighted by atomic mass is 10.0. The molecule has 3 N–H and O–H groups in total. The molecule has 2 amide bonds. The topological polar surface area (TPSA) is 79.2 Å². The van der Waals surface area contributed by atoms with Crippen molar-refractivity contribution in [1.82, 2.24) is 15.1 Å². The van der Waals surface area contributed by atoms with Gasteiger partial charge >= 0.3 is 6.03 Å². The van der Waals surface area contributed by atoms with Gasteiger partial charge in [0.2, 0.25) is 0 Å². The monoisotopic (exact) mass is 268 g/mol. The minimum absolute atomic E-state index is 0.0549. The Morgan fingerprint density at radius 2 is 2.26 bits per heavy atom. The third-order valence-electron chi connectivity index (χ3n) is 2.66. The van der Waals surface area contributed by atoms with E-state index in [1.165, 1.54) is 0 Å². The van der Waals surface area contributed by atoms with Crippen LogP contribution in [0.5, 0.6) is 0 Å². The molecule has 1 atom stereocenters. The van der Waals surface area contributed by atoms with Gasteiger partial charge < -0.3 is 15.7 Å². The Balaban J connectivity index is 2.44. The lowest BCUT2D eigenvalue weighted by Crippen LogP contribution is -2.40. The average Bonchev–Trinajstić information content (AvgIpc) is 2.75. The van der Waals surface area contributed by atoms with Crippen LogP contribution >= 0.6 is 0 Å². The van der Waals surface area contributed by atoms with Gasteiger partial charge in [0.1, 0.15) is 0 Å². The molecule has 0 saturated carbocycles. The molecule has 6 nitrogen and oxygen atoms in total. The molecule has 0 aliphatic carbocycles. The molecule has 108 valence electrons. The Morgan fingerprint density at radius 1 is 1.53 bits per heavy atom. The summed E-state index contributed by atoms with van der Waals surface area (Å²) in [5, 5.41) is 18.8. The number of nitrogens with one attached hydrogen (secondary N) is 2. The third-order valence-corrected chi connectivity index (χ3v) is 2.66. The van der Waals surface area contributed by atoms with Crippen molar-refractivity contribution in [2.45, 2.75) is 46.2 Å². The van der Waals surface area contributed by atoms with E-state index in [1.807, 2.05) is 0 Å². The Hall–Kier alpha value is -1.56. The van der Waals surface area contributed by atoms with E-state index in [4.69, 9.17) is 0 Å². The Labute approximate surface area is 114 Å². The summed E-state index contributed by atoms with van der Waals surface area (Å²) in [5.41, 5.74) is 0.659. The van der Waals surface area contributed by atoms with Crippen molar-refractivity contribution in [3.63, 3.8) is 0 Å². The average molecular weight is 268 g/mol. The predicted octanol–water partition coefficient (Wildman–Crippen LogP) is 1.82. The summed E-state index contributed by atoms with van der Waals surface area (Å²) >= 11 is 0. The van der Waals surface area contributed by atoms with Crippen LogP contribution in [0.15, 0.2) is 12.4 Å². The molecule has 1 aromatic rings. The maximum atomic E-state index is 11.8. The summed E-state index contributed by atoms with van der Waals surface area (Å²) in [6.45, 7) is 6.95. The number of rotatable bonds is 7. The van der Waals surface area contributed by atoms with Crippen LogP contribution in [-0.2, 0) is 6.54 Å². The second-order valence-corrected chi connectivity index (χ2v) is 5.10. The van der Waals surface area contributed by atoms with E-state index >= 15 is 0 Å². The summed E-state index contributed by atoms with van der Waals surface area (Å²) in [7, 11) is 0. The van der Waals surface area contributed by atoms with Crippen LogP contribution in [0.2, 0.25) is 0 Å². The van der Waals surface area contributed by atoms with Crippen molar-refractivity contribution in [2.24, 2.45) is 5.92 Å². The van der Waals surface area contributed by atoms with Gasteiger partial charge in [-0.3, -0.25) is 4.68 Å². The van der Waals surface area contributed by atoms with Crippen LogP contribution < -0.4 is 10.6 Å². The van der Waals surface area contributed by atoms with Crippen molar-refractivity contribution in [3.8, 4) is 0 Å². The molecule has 0 bridgehead atoms. The molecule has 0 fully saturated rings. The molecule has 0 spiro atoms. The standard InChI is InChI=1S/C13H24N4O2/c1-4-5-17-8-12(7-14-17)16-13(19)15-11(9-18)6-10(2)3/h7-8,10-11,18H,4-6,9H2,1-3H3,(H2,15,16,19). The largest absolute Gasteiger partial charge is 0.394 e. The molecule has 0 aliphatic heterocycles. The van der Waals surface area contributed by atoms with E-state index in [1.54, 1.807) is 17.1 Å². The smallest absolute Gasteiger partial charge is 0.319 e. The van der Waals surface area contributed by atoms with Crippen molar-refractivity contribution in [2.75, 3.05) is 11.9 Å². The molecule has 1 aromatic heterocycles. The number of aromatic nitrogens is 2. The number of urea groups is 1. The van der Waals surface area contributed by atoms with Gasteiger partial charge in [-0.1, -0.05) is 20.8 Å². The van der Waals surface area contributed by atoms with Crippen LogP contribution in [0, 0.1) is 5.92 Å². The number of amides is 2. The second-order valence-electron chi connectivity index (χ2n) is 5.10. The molecule has 1 rings (SSSR count). The Morgan fingerprint density at radius 3 is 2.84 bits per heavy atom. The fraction of sp³-hybridized carbons (Fsp3) is 0.692. The summed E-state index contributed by atoms with van der Waals surface area (Å²) in [6.07, 6.45) is 5.15. The molecular weight excluding hydrogens is 244 g/mol. The van der Waals surface area contributed by atoms with Gasteiger partial charge in [0.25, 0.3) is 0 Å². The molecule has 0 aliphatic rings. The summed E-state index contributed by atoms with van der Waals surface area (Å²) in [6, 6.07) is -0.526. The van der Waals surface area contributed by atoms with Crippen molar-refractivity contribution >= 4 is 11.7 Å². The number of aliphatic hydroxyl groups is 1. The molecule has 0 aromatic carbocycles. The van der Waals surface area contributed by atoms with Crippen LogP contribution in [-0.4, -0.2) is 33.6 Å². The molecule has 0 saturated heterocycles. The number of nitrogens with zero attached hydrogens (tertiary/aromatic N) is 2. The summed E-state index contributed by atoms with van der Waals surface area (Å²) < 4.78 is 1.78. The highest BCUT2D eigenvalue weighted by Crippen LogP contribution is 2.07. The molecule has 6 heteroatoms. The zero-order chi connectivity index (χ0) is 14.3. The van der Waals surface area contributed by atoms with Crippen LogP contribution in [0.3, 0.4) is 0 Å². The van der Waals surface area contributed by atoms with Gasteiger partial charge in [-0.25, -0.2) is 4.79 Å². The second kappa shape index (κ2) is 7.78. The molecule has 1 heterocycles. The fourth-order valence-corrected chi connectivity index (χ4v) is 1.88. The van der Waals surface area contributed by atoms with E-state index in [0.29, 0.717) is 11.6 Å². The van der Waals surface area contributed by atoms with Gasteiger partial charge in [-0.05, 0) is 18.8 Å². The van der Waals surface area contributed by atoms with Gasteiger partial charge in [0.15, 0.2) is 0 Å². The van der Waals surface area contributed by atoms with E-state index in [9.17, 15) is 9.90 Å². The van der Waals surface area contributed by atoms with E-state index < -0.39 is 0 Å². The lowest BCUT2D eigenvalue weighted by Gasteiger charge is -2.18. The predicted molar refractivity (Wildman–Crippen MR) is 75.0 cm³/mol. The van der Waals surface area contributed by atoms with Crippen LogP contribution in [0.25, 0.3) is 0 Å². The summed E-state index contributed by atoms with van der Waals surface area (Å²) in [4.78, 5) is 11.8. The van der Waals surface area contributed by atoms with Gasteiger partial charge in [0, 0.05) is 12.7 Å². The van der Waals surface area contributed by atoms with Crippen LogP contribution in [0.4, 0.5) is 10.5 Å². The summed E-state index contributed by atoms with van der Waals surface area (Å²) in [5.74, 6) is 0.421. The van der Waals surface area contributed by atoms with E-state index in [2.05, 4.69) is 36.5 Å². The maximum Gasteiger partial charge on any atom is 0.319 e. The highest BCUT2D eigenvalue weighted by atomic mass is 16.3. The zero-order valence-corrected chi connectivity index (χ0v) is 11.9. The number of aliphatic hydroxyl groups excluding tert-OH is 1. The number of carbonyl (C=O) groups excluding carboxylic acids is 1.